The van der Waals surface area contributed by atoms with Crippen LogP contribution in [0, 0.1) is 17.1 Å². The molecular formula is C17H14FN3O2S. The van der Waals surface area contributed by atoms with E-state index in [2.05, 4.69) is 11.4 Å². The maximum absolute atomic E-state index is 13.0. The highest BCUT2D eigenvalue weighted by Gasteiger charge is 2.36. The summed E-state index contributed by atoms with van der Waals surface area (Å²) in [6.45, 7) is 0. The number of nitriles is 1. The lowest BCUT2D eigenvalue weighted by atomic mass is 10.0. The van der Waals surface area contributed by atoms with Gasteiger partial charge in [0.05, 0.1) is 11.6 Å². The van der Waals surface area contributed by atoms with Gasteiger partial charge in [-0.15, -0.1) is 0 Å². The third-order valence-corrected chi connectivity index (χ3v) is 5.06. The number of amides is 1. The van der Waals surface area contributed by atoms with E-state index in [4.69, 9.17) is 0 Å². The van der Waals surface area contributed by atoms with Crippen molar-refractivity contribution in [1.82, 2.24) is 9.88 Å². The molecule has 7 heteroatoms. The molecule has 1 saturated heterocycles. The first-order chi connectivity index (χ1) is 11.5. The summed E-state index contributed by atoms with van der Waals surface area (Å²) in [6, 6.07) is 10.3. The molecule has 5 nitrogen and oxygen atoms in total. The van der Waals surface area contributed by atoms with Crippen LogP contribution in [-0.4, -0.2) is 27.5 Å². The molecule has 1 atom stereocenters. The minimum Gasteiger partial charge on any atom is -0.333 e. The van der Waals surface area contributed by atoms with Crippen LogP contribution in [0.2, 0.25) is 0 Å². The summed E-state index contributed by atoms with van der Waals surface area (Å²) in [7, 11) is 0. The standard InChI is InChI=1S/C17H14FN3O2S/c18-13-2-4-14(5-3-13)21-9-12(1-6-15(21)22)16(23)20-17(10-19)7-8-24-11-17/h1-6,9H,7-8,11H2,(H,20,23)/t17-/m0/s1. The summed E-state index contributed by atoms with van der Waals surface area (Å²) in [5, 5.41) is 12.1. The minimum absolute atomic E-state index is 0.269. The first-order valence-electron chi connectivity index (χ1n) is 7.33. The highest BCUT2D eigenvalue weighted by Crippen LogP contribution is 2.27. The number of rotatable bonds is 3. The number of benzene rings is 1. The van der Waals surface area contributed by atoms with Gasteiger partial charge in [0.1, 0.15) is 11.4 Å². The van der Waals surface area contributed by atoms with Crippen molar-refractivity contribution in [3.05, 3.63) is 64.3 Å². The molecule has 0 radical (unpaired) electrons. The number of thioether (sulfide) groups is 1. The van der Waals surface area contributed by atoms with E-state index in [1.807, 2.05) is 0 Å². The number of hydrogen-bond donors (Lipinski definition) is 1. The average molecular weight is 343 g/mol. The van der Waals surface area contributed by atoms with Crippen molar-refractivity contribution in [3.63, 3.8) is 0 Å². The predicted molar refractivity (Wildman–Crippen MR) is 89.7 cm³/mol. The van der Waals surface area contributed by atoms with Crippen LogP contribution in [0.5, 0.6) is 0 Å². The van der Waals surface area contributed by atoms with E-state index in [0.29, 0.717) is 17.9 Å². The first-order valence-corrected chi connectivity index (χ1v) is 8.49. The van der Waals surface area contributed by atoms with Gasteiger partial charge in [0.2, 0.25) is 0 Å². The Hall–Kier alpha value is -2.59. The van der Waals surface area contributed by atoms with Gasteiger partial charge in [-0.05, 0) is 42.5 Å². The van der Waals surface area contributed by atoms with E-state index in [0.717, 1.165) is 5.75 Å². The third kappa shape index (κ3) is 3.19. The molecule has 2 aromatic rings. The predicted octanol–water partition coefficient (Wildman–Crippen LogP) is 2.11. The van der Waals surface area contributed by atoms with Gasteiger partial charge in [-0.3, -0.25) is 14.2 Å². The summed E-state index contributed by atoms with van der Waals surface area (Å²) in [6.07, 6.45) is 2.00. The van der Waals surface area contributed by atoms with Gasteiger partial charge < -0.3 is 5.32 Å². The zero-order valence-corrected chi connectivity index (χ0v) is 13.5. The zero-order valence-electron chi connectivity index (χ0n) is 12.7. The van der Waals surface area contributed by atoms with Crippen molar-refractivity contribution < 1.29 is 9.18 Å². The lowest BCUT2D eigenvalue weighted by Crippen LogP contribution is -2.47. The van der Waals surface area contributed by atoms with E-state index in [9.17, 15) is 19.2 Å². The van der Waals surface area contributed by atoms with Crippen LogP contribution < -0.4 is 10.9 Å². The molecule has 1 amide bonds. The van der Waals surface area contributed by atoms with Crippen molar-refractivity contribution in [2.24, 2.45) is 0 Å². The fraction of sp³-hybridized carbons (Fsp3) is 0.235. The first kappa shape index (κ1) is 16.3. The molecule has 1 aliphatic rings. The molecule has 2 heterocycles. The Morgan fingerprint density at radius 3 is 2.67 bits per heavy atom. The topological polar surface area (TPSA) is 74.9 Å². The molecule has 1 aromatic carbocycles. The van der Waals surface area contributed by atoms with Crippen molar-refractivity contribution >= 4 is 17.7 Å². The number of carbonyl (C=O) groups excluding carboxylic acids is 1. The fourth-order valence-electron chi connectivity index (χ4n) is 2.49. The van der Waals surface area contributed by atoms with Gasteiger partial charge in [-0.25, -0.2) is 4.39 Å². The molecule has 24 heavy (non-hydrogen) atoms. The summed E-state index contributed by atoms with van der Waals surface area (Å²) in [5.74, 6) is 0.556. The molecule has 0 saturated carbocycles. The van der Waals surface area contributed by atoms with E-state index in [-0.39, 0.29) is 11.1 Å². The molecule has 0 spiro atoms. The number of aromatic nitrogens is 1. The summed E-state index contributed by atoms with van der Waals surface area (Å²) in [5.41, 5.74) is -0.462. The van der Waals surface area contributed by atoms with Gasteiger partial charge in [0.25, 0.3) is 11.5 Å². The van der Waals surface area contributed by atoms with Crippen LogP contribution in [0.1, 0.15) is 16.8 Å². The van der Waals surface area contributed by atoms with Gasteiger partial charge in [-0.1, -0.05) is 0 Å². The Morgan fingerprint density at radius 1 is 1.29 bits per heavy atom. The number of halogens is 1. The summed E-state index contributed by atoms with van der Waals surface area (Å²) < 4.78 is 14.3. The molecule has 3 rings (SSSR count). The number of nitrogens with one attached hydrogen (secondary N) is 1. The van der Waals surface area contributed by atoms with Gasteiger partial charge in [0, 0.05) is 23.7 Å². The number of nitrogens with zero attached hydrogens (tertiary/aromatic N) is 2. The lowest BCUT2D eigenvalue weighted by molar-refractivity contribution is 0.0925. The normalized spacial score (nSPS) is 19.7. The van der Waals surface area contributed by atoms with Crippen molar-refractivity contribution in [3.8, 4) is 11.8 Å². The van der Waals surface area contributed by atoms with E-state index in [1.165, 1.54) is 47.2 Å². The second-order valence-electron chi connectivity index (χ2n) is 5.55. The Balaban J connectivity index is 1.91. The van der Waals surface area contributed by atoms with Crippen LogP contribution >= 0.6 is 11.8 Å². The molecular weight excluding hydrogens is 329 g/mol. The quantitative estimate of drug-likeness (QED) is 0.926. The van der Waals surface area contributed by atoms with Crippen LogP contribution in [0.25, 0.3) is 5.69 Å². The van der Waals surface area contributed by atoms with Crippen molar-refractivity contribution in [1.29, 1.82) is 5.26 Å². The maximum Gasteiger partial charge on any atom is 0.255 e. The monoisotopic (exact) mass is 343 g/mol. The second-order valence-corrected chi connectivity index (χ2v) is 6.66. The third-order valence-electron chi connectivity index (χ3n) is 3.87. The Morgan fingerprint density at radius 2 is 2.04 bits per heavy atom. The Kier molecular flexibility index (Phi) is 4.40. The number of carbonyl (C=O) groups is 1. The lowest BCUT2D eigenvalue weighted by Gasteiger charge is -2.21. The van der Waals surface area contributed by atoms with E-state index < -0.39 is 17.3 Å². The van der Waals surface area contributed by atoms with Crippen molar-refractivity contribution in [2.45, 2.75) is 12.0 Å². The van der Waals surface area contributed by atoms with Crippen LogP contribution in [0.3, 0.4) is 0 Å². The number of hydrogen-bond acceptors (Lipinski definition) is 4. The Bertz CT molecular complexity index is 865. The number of pyridine rings is 1. The molecule has 0 aliphatic carbocycles. The zero-order chi connectivity index (χ0) is 17.2. The van der Waals surface area contributed by atoms with Crippen LogP contribution in [-0.2, 0) is 0 Å². The molecule has 0 unspecified atom stereocenters. The summed E-state index contributed by atoms with van der Waals surface area (Å²) in [4.78, 5) is 24.5. The molecule has 1 aromatic heterocycles. The Labute approximate surface area is 142 Å². The van der Waals surface area contributed by atoms with Gasteiger partial charge in [-0.2, -0.15) is 17.0 Å². The average Bonchev–Trinajstić information content (AvgIpc) is 3.05. The smallest absolute Gasteiger partial charge is 0.255 e. The SMILES string of the molecule is N#C[C@@]1(NC(=O)c2ccc(=O)n(-c3ccc(F)cc3)c2)CCSC1. The largest absolute Gasteiger partial charge is 0.333 e. The molecule has 122 valence electrons. The van der Waals surface area contributed by atoms with Crippen LogP contribution in [0.4, 0.5) is 4.39 Å². The highest BCUT2D eigenvalue weighted by molar-refractivity contribution is 7.99. The summed E-state index contributed by atoms with van der Waals surface area (Å²) >= 11 is 1.62. The van der Waals surface area contributed by atoms with Gasteiger partial charge >= 0.3 is 0 Å². The fourth-order valence-corrected chi connectivity index (χ4v) is 3.76. The highest BCUT2D eigenvalue weighted by atomic mass is 32.2. The van der Waals surface area contributed by atoms with E-state index >= 15 is 0 Å². The maximum atomic E-state index is 13.0. The van der Waals surface area contributed by atoms with Gasteiger partial charge in [0.15, 0.2) is 0 Å². The second kappa shape index (κ2) is 6.49. The minimum atomic E-state index is -0.863. The molecule has 1 fully saturated rings. The molecule has 1 N–H and O–H groups in total. The van der Waals surface area contributed by atoms with Crippen LogP contribution in [0.15, 0.2) is 47.4 Å². The van der Waals surface area contributed by atoms with Crippen molar-refractivity contribution in [2.75, 3.05) is 11.5 Å². The molecule has 0 bridgehead atoms. The molecule has 1 aliphatic heterocycles. The van der Waals surface area contributed by atoms with E-state index in [1.54, 1.807) is 11.8 Å².